The molecule has 1 aliphatic heterocycles. The van der Waals surface area contributed by atoms with E-state index in [9.17, 15) is 0 Å². The van der Waals surface area contributed by atoms with Crippen LogP contribution >= 0.6 is 9.69 Å². The quantitative estimate of drug-likeness (QED) is 0.193. The SMILES string of the molecule is CC(C)[OH+]c1ccccc1[CH]=[Ru][Cl].CC(C)c1cccc(C(C)C)c1N1[CH-]N(C(C)(C)C)CC1.[CH3-]. The van der Waals surface area contributed by atoms with Crippen LogP contribution < -0.4 is 4.90 Å². The third-order valence-corrected chi connectivity index (χ3v) is 7.02. The number of para-hydroxylation sites is 2. The summed E-state index contributed by atoms with van der Waals surface area (Å²) in [6.45, 7) is 24.7. The number of rotatable bonds is 6. The van der Waals surface area contributed by atoms with Crippen molar-refractivity contribution in [2.24, 2.45) is 0 Å². The van der Waals surface area contributed by atoms with Crippen LogP contribution in [0, 0.1) is 14.1 Å². The molecule has 1 saturated heterocycles. The Balaban J connectivity index is 0.000000378. The third-order valence-electron chi connectivity index (χ3n) is 5.83. The largest absolute Gasteiger partial charge is 0.507 e. The van der Waals surface area contributed by atoms with Crippen molar-refractivity contribution in [1.82, 2.24) is 4.90 Å². The third kappa shape index (κ3) is 9.30. The molecule has 0 spiro atoms. The molecule has 0 saturated carbocycles. The van der Waals surface area contributed by atoms with Gasteiger partial charge in [0.2, 0.25) is 0 Å². The van der Waals surface area contributed by atoms with E-state index >= 15 is 0 Å². The van der Waals surface area contributed by atoms with E-state index in [1.165, 1.54) is 16.8 Å². The van der Waals surface area contributed by atoms with Gasteiger partial charge in [0.25, 0.3) is 0 Å². The first-order valence-electron chi connectivity index (χ1n) is 12.3. The second-order valence-electron chi connectivity index (χ2n) is 10.7. The summed E-state index contributed by atoms with van der Waals surface area (Å²) in [7, 11) is 5.74. The molecule has 1 aliphatic rings. The van der Waals surface area contributed by atoms with Gasteiger partial charge in [-0.25, -0.2) is 0 Å². The van der Waals surface area contributed by atoms with Crippen LogP contribution in [-0.4, -0.2) is 39.0 Å². The Bertz CT molecular complexity index is 908. The van der Waals surface area contributed by atoms with Crippen LogP contribution in [0.2, 0.25) is 0 Å². The number of aliphatic hydroxyl groups is 1. The first-order chi connectivity index (χ1) is 16.0. The molecule has 199 valence electrons. The maximum absolute atomic E-state index is 5.74. The molecule has 2 aromatic rings. The van der Waals surface area contributed by atoms with E-state index in [-0.39, 0.29) is 28.6 Å². The molecule has 0 unspecified atom stereocenters. The van der Waals surface area contributed by atoms with Gasteiger partial charge in [-0.1, -0.05) is 45.9 Å². The van der Waals surface area contributed by atoms with Gasteiger partial charge in [-0.3, -0.25) is 0 Å². The Hall–Kier alpha value is -1.22. The minimum atomic E-state index is -0.171. The van der Waals surface area contributed by atoms with Gasteiger partial charge in [0, 0.05) is 12.2 Å². The molecule has 0 aromatic heterocycles. The van der Waals surface area contributed by atoms with Gasteiger partial charge in [0.15, 0.2) is 0 Å². The molecule has 0 radical (unpaired) electrons. The van der Waals surface area contributed by atoms with Crippen LogP contribution in [0.25, 0.3) is 0 Å². The van der Waals surface area contributed by atoms with Crippen molar-refractivity contribution in [3.05, 3.63) is 73.3 Å². The van der Waals surface area contributed by atoms with E-state index in [4.69, 9.17) is 9.69 Å². The van der Waals surface area contributed by atoms with Crippen LogP contribution in [0.3, 0.4) is 0 Å². The van der Waals surface area contributed by atoms with E-state index in [2.05, 4.69) is 112 Å². The van der Waals surface area contributed by atoms with Crippen LogP contribution in [-0.2, 0) is 15.7 Å². The average molecular weight is 588 g/mol. The number of hydrogen-bond donors (Lipinski definition) is 0. The summed E-state index contributed by atoms with van der Waals surface area (Å²) >= 11 is -0.171. The molecule has 1 N–H and O–H groups in total. The molecule has 1 fully saturated rings. The van der Waals surface area contributed by atoms with Crippen molar-refractivity contribution in [3.8, 4) is 5.75 Å². The van der Waals surface area contributed by atoms with Crippen LogP contribution in [0.4, 0.5) is 5.69 Å². The number of benzene rings is 2. The second-order valence-corrected chi connectivity index (χ2v) is 12.5. The molecule has 3 nitrogen and oxygen atoms in total. The molecule has 5 heteroatoms. The van der Waals surface area contributed by atoms with Gasteiger partial charge in [-0.05, 0) is 55.8 Å². The first-order valence-corrected chi connectivity index (χ1v) is 15.6. The Morgan fingerprint density at radius 2 is 1.49 bits per heavy atom. The van der Waals surface area contributed by atoms with E-state index < -0.39 is 0 Å². The van der Waals surface area contributed by atoms with Gasteiger partial charge >= 0.3 is 90.3 Å². The average Bonchev–Trinajstić information content (AvgIpc) is 3.25. The fourth-order valence-corrected chi connectivity index (χ4v) is 5.15. The summed E-state index contributed by atoms with van der Waals surface area (Å²) in [5.41, 5.74) is 5.72. The van der Waals surface area contributed by atoms with Gasteiger partial charge in [-0.15, -0.1) is 0 Å². The summed E-state index contributed by atoms with van der Waals surface area (Å²) in [4.78, 5) is 4.92. The van der Waals surface area contributed by atoms with Crippen LogP contribution in [0.1, 0.15) is 90.8 Å². The summed E-state index contributed by atoms with van der Waals surface area (Å²) < 4.78 is 6.57. The van der Waals surface area contributed by atoms with E-state index in [0.29, 0.717) is 17.9 Å². The first kappa shape index (κ1) is 31.8. The molecule has 0 atom stereocenters. The van der Waals surface area contributed by atoms with Gasteiger partial charge < -0.3 is 17.2 Å². The zero-order valence-corrected chi connectivity index (χ0v) is 25.9. The van der Waals surface area contributed by atoms with Gasteiger partial charge in [0.05, 0.1) is 0 Å². The fraction of sp³-hybridized carbons (Fsp3) is 0.500. The summed E-state index contributed by atoms with van der Waals surface area (Å²) in [5, 5.41) is 0. The molecule has 0 aliphatic carbocycles. The van der Waals surface area contributed by atoms with E-state index in [0.717, 1.165) is 24.4 Å². The Morgan fingerprint density at radius 1 is 0.914 bits per heavy atom. The van der Waals surface area contributed by atoms with Crippen LogP contribution in [0.5, 0.6) is 5.75 Å². The zero-order valence-electron chi connectivity index (χ0n) is 23.4. The summed E-state index contributed by atoms with van der Waals surface area (Å²) in [6, 6.07) is 14.9. The normalized spacial score (nSPS) is 14.7. The Labute approximate surface area is 227 Å². The molecule has 1 heterocycles. The molecule has 0 amide bonds. The molecule has 0 bridgehead atoms. The van der Waals surface area contributed by atoms with Crippen molar-refractivity contribution in [1.29, 1.82) is 0 Å². The number of anilines is 1. The van der Waals surface area contributed by atoms with Crippen molar-refractivity contribution in [2.45, 2.75) is 85.8 Å². The smallest absolute Gasteiger partial charge is 0.0152 e. The van der Waals surface area contributed by atoms with Gasteiger partial charge in [0.1, 0.15) is 0 Å². The number of halogens is 1. The maximum Gasteiger partial charge on any atom is 0.0152 e. The van der Waals surface area contributed by atoms with Crippen LogP contribution in [0.15, 0.2) is 42.5 Å². The topological polar surface area (TPSA) is 19.3 Å². The molecular weight excluding hydrogens is 541 g/mol. The van der Waals surface area contributed by atoms with Crippen molar-refractivity contribution in [2.75, 3.05) is 18.0 Å². The Kier molecular flexibility index (Phi) is 13.2. The number of hydrogen-bond acceptors (Lipinski definition) is 2. The standard InChI is InChI=1S/C19H31N2.C10H12O.CH3.ClH.Ru/c1-14(2)16-9-8-10-17(15(3)4)18(16)20-11-12-21(13-20)19(5,6)7;1-8(2)11-10-7-5-4-6-9(10)3;;;/h8-10,13-15H,11-12H2,1-7H3;3-8H,1-2H3;1H3;1H;/q-1;;-1;;+1. The molecule has 35 heavy (non-hydrogen) atoms. The van der Waals surface area contributed by atoms with Crippen molar-refractivity contribution >= 4 is 20.0 Å². The predicted octanol–water partition coefficient (Wildman–Crippen LogP) is 8.15. The fourth-order valence-electron chi connectivity index (χ4n) is 4.03. The monoisotopic (exact) mass is 588 g/mol. The summed E-state index contributed by atoms with van der Waals surface area (Å²) in [6.07, 6.45) is 0.334. The van der Waals surface area contributed by atoms with Crippen molar-refractivity contribution < 1.29 is 20.4 Å². The van der Waals surface area contributed by atoms with E-state index in [1.54, 1.807) is 0 Å². The minimum Gasteiger partial charge on any atom is -0.507 e. The molecule has 2 aromatic carbocycles. The molecular formula is C30H47ClN2ORu-. The number of ether oxygens (including phenoxy) is 1. The second kappa shape index (κ2) is 14.5. The zero-order chi connectivity index (χ0) is 25.5. The molecule has 3 rings (SSSR count). The minimum absolute atomic E-state index is 0. The van der Waals surface area contributed by atoms with Crippen molar-refractivity contribution in [3.63, 3.8) is 0 Å². The van der Waals surface area contributed by atoms with Gasteiger partial charge in [-0.2, -0.15) is 6.67 Å². The Morgan fingerprint density at radius 3 is 1.94 bits per heavy atom. The number of aromatic hydroxyl groups is 1. The van der Waals surface area contributed by atoms with E-state index in [1.807, 2.05) is 18.2 Å². The number of nitrogens with zero attached hydrogens (tertiary/aromatic N) is 2. The maximum atomic E-state index is 5.74. The predicted molar refractivity (Wildman–Crippen MR) is 153 cm³/mol. The summed E-state index contributed by atoms with van der Waals surface area (Å²) in [5.74, 6) is 2.15.